The first-order valence-corrected chi connectivity index (χ1v) is 9.60. The summed E-state index contributed by atoms with van der Waals surface area (Å²) in [5.74, 6) is 2.20. The lowest BCUT2D eigenvalue weighted by atomic mass is 10.0. The lowest BCUT2D eigenvalue weighted by Crippen LogP contribution is -2.34. The molecule has 0 spiro atoms. The number of aryl methyl sites for hydroxylation is 1. The molecule has 1 saturated heterocycles. The molecule has 1 aliphatic heterocycles. The van der Waals surface area contributed by atoms with Crippen LogP contribution in [0.4, 0.5) is 10.5 Å². The number of nitrogens with zero attached hydrogens (tertiary/aromatic N) is 1. The van der Waals surface area contributed by atoms with Gasteiger partial charge in [0, 0.05) is 12.1 Å². The van der Waals surface area contributed by atoms with Crippen LogP contribution in [0.15, 0.2) is 36.4 Å². The molecule has 150 valence electrons. The molecule has 0 bridgehead atoms. The van der Waals surface area contributed by atoms with Crippen LogP contribution in [0, 0.1) is 6.92 Å². The summed E-state index contributed by atoms with van der Waals surface area (Å²) in [6.45, 7) is 5.16. The molecule has 0 saturated carbocycles. The smallest absolute Gasteiger partial charge is 0.322 e. The number of nitrogens with one attached hydrogen (secondary N) is 1. The number of carbonyl (C=O) groups excluding carboxylic acids is 1. The van der Waals surface area contributed by atoms with Crippen molar-refractivity contribution in [3.63, 3.8) is 0 Å². The predicted molar refractivity (Wildman–Crippen MR) is 110 cm³/mol. The maximum Gasteiger partial charge on any atom is 0.322 e. The number of hydrogen-bond donors (Lipinski definition) is 1. The summed E-state index contributed by atoms with van der Waals surface area (Å²) in [4.78, 5) is 14.9. The quantitative estimate of drug-likeness (QED) is 0.779. The van der Waals surface area contributed by atoms with Crippen LogP contribution in [0.5, 0.6) is 17.2 Å². The van der Waals surface area contributed by atoms with Crippen LogP contribution in [0.25, 0.3) is 0 Å². The molecule has 0 aromatic heterocycles. The fourth-order valence-electron chi connectivity index (χ4n) is 3.63. The number of benzene rings is 2. The van der Waals surface area contributed by atoms with Crippen molar-refractivity contribution in [2.24, 2.45) is 0 Å². The Morgan fingerprint density at radius 2 is 1.96 bits per heavy atom. The second kappa shape index (κ2) is 8.87. The monoisotopic (exact) mass is 384 g/mol. The number of ether oxygens (including phenoxy) is 3. The molecule has 1 aliphatic rings. The third-order valence-corrected chi connectivity index (χ3v) is 4.99. The predicted octanol–water partition coefficient (Wildman–Crippen LogP) is 4.78. The van der Waals surface area contributed by atoms with E-state index in [4.69, 9.17) is 14.2 Å². The summed E-state index contributed by atoms with van der Waals surface area (Å²) in [5, 5.41) is 3.02. The van der Waals surface area contributed by atoms with Crippen molar-refractivity contribution in [2.45, 2.75) is 32.7 Å². The van der Waals surface area contributed by atoms with Crippen molar-refractivity contribution in [1.29, 1.82) is 0 Å². The number of carbonyl (C=O) groups is 1. The zero-order valence-electron chi connectivity index (χ0n) is 17.0. The Balaban J connectivity index is 1.85. The number of likely N-dealkylation sites (tertiary alicyclic amines) is 1. The fourth-order valence-corrected chi connectivity index (χ4v) is 3.63. The molecule has 1 unspecified atom stereocenters. The second-order valence-corrected chi connectivity index (χ2v) is 6.82. The van der Waals surface area contributed by atoms with Gasteiger partial charge in [0.25, 0.3) is 0 Å². The SMILES string of the molecule is CCOc1cc(C)ccc1NC(=O)N1CCCC1c1cc(OC)ccc1OC. The minimum absolute atomic E-state index is 0.0639. The van der Waals surface area contributed by atoms with Crippen LogP contribution in [-0.4, -0.2) is 38.3 Å². The topological polar surface area (TPSA) is 60.0 Å². The zero-order valence-corrected chi connectivity index (χ0v) is 17.0. The van der Waals surface area contributed by atoms with Crippen LogP contribution in [0.2, 0.25) is 0 Å². The third-order valence-electron chi connectivity index (χ3n) is 4.99. The van der Waals surface area contributed by atoms with Gasteiger partial charge in [-0.2, -0.15) is 0 Å². The number of urea groups is 1. The summed E-state index contributed by atoms with van der Waals surface area (Å²) >= 11 is 0. The normalized spacial score (nSPS) is 16.0. The molecule has 1 atom stereocenters. The minimum atomic E-state index is -0.142. The molecule has 0 radical (unpaired) electrons. The van der Waals surface area contributed by atoms with Crippen molar-refractivity contribution in [2.75, 3.05) is 32.7 Å². The zero-order chi connectivity index (χ0) is 20.1. The fraction of sp³-hybridized carbons (Fsp3) is 0.409. The van der Waals surface area contributed by atoms with Gasteiger partial charge in [-0.1, -0.05) is 6.07 Å². The van der Waals surface area contributed by atoms with Crippen LogP contribution >= 0.6 is 0 Å². The van der Waals surface area contributed by atoms with Gasteiger partial charge < -0.3 is 24.4 Å². The molecular formula is C22H28N2O4. The summed E-state index contributed by atoms with van der Waals surface area (Å²) < 4.78 is 16.6. The number of anilines is 1. The van der Waals surface area contributed by atoms with Crippen molar-refractivity contribution in [3.05, 3.63) is 47.5 Å². The molecule has 1 heterocycles. The van der Waals surface area contributed by atoms with Crippen molar-refractivity contribution in [1.82, 2.24) is 4.90 Å². The molecule has 0 aliphatic carbocycles. The van der Waals surface area contributed by atoms with Gasteiger partial charge >= 0.3 is 6.03 Å². The van der Waals surface area contributed by atoms with E-state index in [1.54, 1.807) is 14.2 Å². The highest BCUT2D eigenvalue weighted by atomic mass is 16.5. The Kier molecular flexibility index (Phi) is 6.29. The van der Waals surface area contributed by atoms with Crippen molar-refractivity contribution in [3.8, 4) is 17.2 Å². The van der Waals surface area contributed by atoms with E-state index in [1.165, 1.54) is 0 Å². The Bertz CT molecular complexity index is 837. The van der Waals surface area contributed by atoms with E-state index in [-0.39, 0.29) is 12.1 Å². The molecule has 6 nitrogen and oxygen atoms in total. The highest BCUT2D eigenvalue weighted by molar-refractivity contribution is 5.91. The van der Waals surface area contributed by atoms with Crippen LogP contribution in [0.1, 0.15) is 36.9 Å². The highest BCUT2D eigenvalue weighted by Crippen LogP contribution is 2.39. The number of amides is 2. The second-order valence-electron chi connectivity index (χ2n) is 6.82. The first kappa shape index (κ1) is 19.9. The summed E-state index contributed by atoms with van der Waals surface area (Å²) in [6.07, 6.45) is 1.81. The van der Waals surface area contributed by atoms with Crippen molar-refractivity contribution < 1.29 is 19.0 Å². The molecule has 2 aromatic rings. The number of methoxy groups -OCH3 is 2. The van der Waals surface area contributed by atoms with E-state index in [1.807, 2.05) is 55.1 Å². The molecule has 2 amide bonds. The first-order chi connectivity index (χ1) is 13.6. The Labute approximate surface area is 166 Å². The van der Waals surface area contributed by atoms with Gasteiger partial charge in [-0.05, 0) is 62.6 Å². The number of hydrogen-bond acceptors (Lipinski definition) is 4. The average molecular weight is 384 g/mol. The standard InChI is InChI=1S/C22H28N2O4/c1-5-28-21-13-15(2)8-10-18(21)23-22(25)24-12-6-7-19(24)17-14-16(26-3)9-11-20(17)27-4/h8-11,13-14,19H,5-7,12H2,1-4H3,(H,23,25). The Morgan fingerprint density at radius 1 is 1.14 bits per heavy atom. The first-order valence-electron chi connectivity index (χ1n) is 9.60. The summed E-state index contributed by atoms with van der Waals surface area (Å²) in [6, 6.07) is 11.3. The number of rotatable bonds is 6. The van der Waals surface area contributed by atoms with Crippen molar-refractivity contribution >= 4 is 11.7 Å². The highest BCUT2D eigenvalue weighted by Gasteiger charge is 2.32. The maximum absolute atomic E-state index is 13.1. The molecular weight excluding hydrogens is 356 g/mol. The van der Waals surface area contributed by atoms with Gasteiger partial charge in [0.1, 0.15) is 17.2 Å². The molecule has 3 rings (SSSR count). The van der Waals surface area contributed by atoms with Gasteiger partial charge in [0.15, 0.2) is 0 Å². The lowest BCUT2D eigenvalue weighted by molar-refractivity contribution is 0.205. The minimum Gasteiger partial charge on any atom is -0.497 e. The van der Waals surface area contributed by atoms with E-state index in [9.17, 15) is 4.79 Å². The maximum atomic E-state index is 13.1. The lowest BCUT2D eigenvalue weighted by Gasteiger charge is -2.27. The molecule has 1 fully saturated rings. The average Bonchev–Trinajstić information content (AvgIpc) is 3.19. The Morgan fingerprint density at radius 3 is 2.68 bits per heavy atom. The summed E-state index contributed by atoms with van der Waals surface area (Å²) in [7, 11) is 3.28. The molecule has 28 heavy (non-hydrogen) atoms. The van der Waals surface area contributed by atoms with Gasteiger partial charge in [0.05, 0.1) is 32.6 Å². The third kappa shape index (κ3) is 4.16. The van der Waals surface area contributed by atoms with Gasteiger partial charge in [-0.3, -0.25) is 0 Å². The van der Waals surface area contributed by atoms with Gasteiger partial charge in [-0.15, -0.1) is 0 Å². The Hall–Kier alpha value is -2.89. The van der Waals surface area contributed by atoms with E-state index in [0.717, 1.165) is 35.5 Å². The molecule has 1 N–H and O–H groups in total. The van der Waals surface area contributed by atoms with E-state index >= 15 is 0 Å². The van der Waals surface area contributed by atoms with Crippen LogP contribution in [0.3, 0.4) is 0 Å². The van der Waals surface area contributed by atoms with Gasteiger partial charge in [-0.25, -0.2) is 4.79 Å². The van der Waals surface area contributed by atoms with E-state index in [2.05, 4.69) is 5.32 Å². The van der Waals surface area contributed by atoms with Crippen LogP contribution in [-0.2, 0) is 0 Å². The van der Waals surface area contributed by atoms with Gasteiger partial charge in [0.2, 0.25) is 0 Å². The largest absolute Gasteiger partial charge is 0.497 e. The van der Waals surface area contributed by atoms with E-state index in [0.29, 0.717) is 24.6 Å². The molecule has 2 aromatic carbocycles. The molecule has 6 heteroatoms. The van der Waals surface area contributed by atoms with E-state index < -0.39 is 0 Å². The summed E-state index contributed by atoms with van der Waals surface area (Å²) in [5.41, 5.74) is 2.73. The van der Waals surface area contributed by atoms with Crippen LogP contribution < -0.4 is 19.5 Å².